The first kappa shape index (κ1) is 13.1. The van der Waals surface area contributed by atoms with Crippen molar-refractivity contribution in [2.45, 2.75) is 13.1 Å². The largest absolute Gasteiger partial charge is 0.496 e. The van der Waals surface area contributed by atoms with Crippen LogP contribution in [0.15, 0.2) is 30.5 Å². The van der Waals surface area contributed by atoms with Gasteiger partial charge in [-0.05, 0) is 24.3 Å². The van der Waals surface area contributed by atoms with Gasteiger partial charge in [-0.15, -0.1) is 0 Å². The van der Waals surface area contributed by atoms with Crippen LogP contribution in [0.1, 0.15) is 16.8 Å². The summed E-state index contributed by atoms with van der Waals surface area (Å²) < 4.78 is 7.12. The summed E-state index contributed by atoms with van der Waals surface area (Å²) in [6.45, 7) is 1.36. The Bertz CT molecular complexity index is 598. The number of nitriles is 1. The highest BCUT2D eigenvalue weighted by Crippen LogP contribution is 2.19. The number of nitrogens with zero attached hydrogens (tertiary/aromatic N) is 3. The summed E-state index contributed by atoms with van der Waals surface area (Å²) >= 11 is 0. The number of aryl methyl sites for hydroxylation is 1. The Morgan fingerprint density at radius 2 is 2.21 bits per heavy atom. The first-order chi connectivity index (χ1) is 9.24. The SMILES string of the molecule is COc1ccc(C#N)cc1CNCc1ccnn1C. The van der Waals surface area contributed by atoms with E-state index < -0.39 is 0 Å². The molecule has 0 radical (unpaired) electrons. The highest BCUT2D eigenvalue weighted by atomic mass is 16.5. The molecule has 19 heavy (non-hydrogen) atoms. The van der Waals surface area contributed by atoms with Gasteiger partial charge in [0.25, 0.3) is 0 Å². The second kappa shape index (κ2) is 6.03. The van der Waals surface area contributed by atoms with Crippen molar-refractivity contribution >= 4 is 0 Å². The third-order valence-electron chi connectivity index (χ3n) is 2.95. The molecule has 0 aliphatic carbocycles. The summed E-state index contributed by atoms with van der Waals surface area (Å²) in [5.74, 6) is 0.788. The van der Waals surface area contributed by atoms with Crippen LogP contribution in [0, 0.1) is 11.3 Å². The first-order valence-electron chi connectivity index (χ1n) is 5.99. The van der Waals surface area contributed by atoms with Crippen LogP contribution in [-0.2, 0) is 20.1 Å². The smallest absolute Gasteiger partial charge is 0.123 e. The molecule has 0 spiro atoms. The molecule has 2 rings (SSSR count). The Labute approximate surface area is 112 Å². The fourth-order valence-electron chi connectivity index (χ4n) is 1.89. The maximum atomic E-state index is 8.91. The van der Waals surface area contributed by atoms with Crippen LogP contribution in [-0.4, -0.2) is 16.9 Å². The number of hydrogen-bond acceptors (Lipinski definition) is 4. The molecule has 1 aromatic carbocycles. The van der Waals surface area contributed by atoms with Crippen molar-refractivity contribution in [3.05, 3.63) is 47.3 Å². The summed E-state index contributed by atoms with van der Waals surface area (Å²) in [6.07, 6.45) is 1.77. The predicted octanol–water partition coefficient (Wildman–Crippen LogP) is 1.59. The summed E-state index contributed by atoms with van der Waals surface area (Å²) in [5, 5.41) is 16.3. The molecule has 0 aliphatic heterocycles. The molecule has 2 aromatic rings. The maximum absolute atomic E-state index is 8.91. The number of methoxy groups -OCH3 is 1. The molecule has 0 unspecified atom stereocenters. The van der Waals surface area contributed by atoms with Crippen LogP contribution < -0.4 is 10.1 Å². The van der Waals surface area contributed by atoms with Crippen LogP contribution in [0.5, 0.6) is 5.75 Å². The van der Waals surface area contributed by atoms with Gasteiger partial charge in [0.2, 0.25) is 0 Å². The van der Waals surface area contributed by atoms with E-state index in [1.165, 1.54) is 0 Å². The van der Waals surface area contributed by atoms with Crippen molar-refractivity contribution in [2.24, 2.45) is 7.05 Å². The highest BCUT2D eigenvalue weighted by Gasteiger charge is 2.05. The Morgan fingerprint density at radius 1 is 1.37 bits per heavy atom. The Kier molecular flexibility index (Phi) is 4.16. The zero-order chi connectivity index (χ0) is 13.7. The topological polar surface area (TPSA) is 62.9 Å². The van der Waals surface area contributed by atoms with E-state index in [0.717, 1.165) is 23.6 Å². The van der Waals surface area contributed by atoms with Crippen LogP contribution in [0.3, 0.4) is 0 Å². The van der Waals surface area contributed by atoms with Gasteiger partial charge in [-0.3, -0.25) is 4.68 Å². The van der Waals surface area contributed by atoms with E-state index >= 15 is 0 Å². The molecule has 5 nitrogen and oxygen atoms in total. The quantitative estimate of drug-likeness (QED) is 0.882. The zero-order valence-corrected chi connectivity index (χ0v) is 11.1. The van der Waals surface area contributed by atoms with Crippen LogP contribution in [0.25, 0.3) is 0 Å². The van der Waals surface area contributed by atoms with E-state index in [0.29, 0.717) is 12.1 Å². The number of hydrogen-bond donors (Lipinski definition) is 1. The monoisotopic (exact) mass is 256 g/mol. The van der Waals surface area contributed by atoms with E-state index in [9.17, 15) is 0 Å². The average molecular weight is 256 g/mol. The fourth-order valence-corrected chi connectivity index (χ4v) is 1.89. The van der Waals surface area contributed by atoms with Crippen molar-refractivity contribution in [3.63, 3.8) is 0 Å². The van der Waals surface area contributed by atoms with E-state index in [1.54, 1.807) is 19.4 Å². The Hall–Kier alpha value is -2.32. The molecule has 0 saturated heterocycles. The van der Waals surface area contributed by atoms with Crippen molar-refractivity contribution < 1.29 is 4.74 Å². The molecule has 1 heterocycles. The summed E-state index contributed by atoms with van der Waals surface area (Å²) in [6, 6.07) is 9.52. The molecule has 0 saturated carbocycles. The molecule has 98 valence electrons. The van der Waals surface area contributed by atoms with Crippen molar-refractivity contribution in [2.75, 3.05) is 7.11 Å². The van der Waals surface area contributed by atoms with Gasteiger partial charge in [0.05, 0.1) is 24.4 Å². The third kappa shape index (κ3) is 3.12. The van der Waals surface area contributed by atoms with Gasteiger partial charge in [0.1, 0.15) is 5.75 Å². The predicted molar refractivity (Wildman–Crippen MR) is 71.5 cm³/mol. The van der Waals surface area contributed by atoms with E-state index in [1.807, 2.05) is 29.9 Å². The van der Waals surface area contributed by atoms with Crippen LogP contribution >= 0.6 is 0 Å². The molecule has 1 aromatic heterocycles. The lowest BCUT2D eigenvalue weighted by atomic mass is 10.1. The second-order valence-electron chi connectivity index (χ2n) is 4.19. The van der Waals surface area contributed by atoms with Crippen LogP contribution in [0.2, 0.25) is 0 Å². The summed E-state index contributed by atoms with van der Waals surface area (Å²) in [4.78, 5) is 0. The number of ether oxygens (including phenoxy) is 1. The number of rotatable bonds is 5. The van der Waals surface area contributed by atoms with E-state index in [2.05, 4.69) is 16.5 Å². The molecule has 5 heteroatoms. The maximum Gasteiger partial charge on any atom is 0.123 e. The van der Waals surface area contributed by atoms with Crippen molar-refractivity contribution in [1.29, 1.82) is 5.26 Å². The number of aromatic nitrogens is 2. The molecule has 0 amide bonds. The number of nitrogens with one attached hydrogen (secondary N) is 1. The molecule has 0 bridgehead atoms. The molecular weight excluding hydrogens is 240 g/mol. The third-order valence-corrected chi connectivity index (χ3v) is 2.95. The molecular formula is C14H16N4O. The standard InChI is InChI=1S/C14H16N4O/c1-18-13(5-6-17-18)10-16-9-12-7-11(8-15)3-4-14(12)19-2/h3-7,16H,9-10H2,1-2H3. The number of benzene rings is 1. The van der Waals surface area contributed by atoms with Gasteiger partial charge in [0.15, 0.2) is 0 Å². The van der Waals surface area contributed by atoms with Gasteiger partial charge in [-0.25, -0.2) is 0 Å². The lowest BCUT2D eigenvalue weighted by molar-refractivity contribution is 0.407. The van der Waals surface area contributed by atoms with Gasteiger partial charge in [0, 0.05) is 31.9 Å². The molecule has 0 aliphatic rings. The average Bonchev–Trinajstić information content (AvgIpc) is 2.84. The minimum atomic E-state index is 0.637. The first-order valence-corrected chi connectivity index (χ1v) is 5.99. The minimum Gasteiger partial charge on any atom is -0.496 e. The lowest BCUT2D eigenvalue weighted by Gasteiger charge is -2.10. The Morgan fingerprint density at radius 3 is 2.84 bits per heavy atom. The van der Waals surface area contributed by atoms with E-state index in [-0.39, 0.29) is 0 Å². The Balaban J connectivity index is 2.03. The minimum absolute atomic E-state index is 0.637. The van der Waals surface area contributed by atoms with Crippen molar-refractivity contribution in [1.82, 2.24) is 15.1 Å². The van der Waals surface area contributed by atoms with Gasteiger partial charge < -0.3 is 10.1 Å². The summed E-state index contributed by atoms with van der Waals surface area (Å²) in [7, 11) is 3.54. The lowest BCUT2D eigenvalue weighted by Crippen LogP contribution is -2.15. The second-order valence-corrected chi connectivity index (χ2v) is 4.19. The molecule has 0 atom stereocenters. The van der Waals surface area contributed by atoms with Gasteiger partial charge in [-0.2, -0.15) is 10.4 Å². The van der Waals surface area contributed by atoms with Gasteiger partial charge in [-0.1, -0.05) is 0 Å². The zero-order valence-electron chi connectivity index (χ0n) is 11.1. The van der Waals surface area contributed by atoms with Gasteiger partial charge >= 0.3 is 0 Å². The summed E-state index contributed by atoms with van der Waals surface area (Å²) in [5.41, 5.74) is 2.72. The van der Waals surface area contributed by atoms with Crippen molar-refractivity contribution in [3.8, 4) is 11.8 Å². The highest BCUT2D eigenvalue weighted by molar-refractivity contribution is 5.41. The van der Waals surface area contributed by atoms with E-state index in [4.69, 9.17) is 10.00 Å². The van der Waals surface area contributed by atoms with Crippen LogP contribution in [0.4, 0.5) is 0 Å². The normalized spacial score (nSPS) is 10.2. The molecule has 1 N–H and O–H groups in total. The fraction of sp³-hybridized carbons (Fsp3) is 0.286. The molecule has 0 fully saturated rings.